The summed E-state index contributed by atoms with van der Waals surface area (Å²) in [6, 6.07) is 4.04. The van der Waals surface area contributed by atoms with Crippen LogP contribution in [0.3, 0.4) is 0 Å². The Balaban J connectivity index is 2.86. The molecule has 0 aliphatic heterocycles. The van der Waals surface area contributed by atoms with E-state index in [1.165, 1.54) is 11.3 Å². The van der Waals surface area contributed by atoms with Gasteiger partial charge >= 0.3 is 0 Å². The van der Waals surface area contributed by atoms with Crippen LogP contribution in [0, 0.1) is 18.3 Å². The van der Waals surface area contributed by atoms with E-state index in [0.717, 1.165) is 10.9 Å². The van der Waals surface area contributed by atoms with Gasteiger partial charge in [0.05, 0.1) is 0 Å². The molecule has 0 fully saturated rings. The van der Waals surface area contributed by atoms with E-state index in [1.807, 2.05) is 18.4 Å². The zero-order valence-corrected chi connectivity index (χ0v) is 8.41. The molecule has 0 bridgehead atoms. The van der Waals surface area contributed by atoms with E-state index in [-0.39, 0.29) is 0 Å². The van der Waals surface area contributed by atoms with Crippen molar-refractivity contribution in [1.82, 2.24) is 4.98 Å². The Morgan fingerprint density at radius 3 is 3.08 bits per heavy atom. The molecule has 0 aromatic carbocycles. The van der Waals surface area contributed by atoms with Crippen LogP contribution >= 0.6 is 22.9 Å². The Morgan fingerprint density at radius 1 is 1.62 bits per heavy atom. The van der Waals surface area contributed by atoms with Gasteiger partial charge in [0.1, 0.15) is 21.6 Å². The molecule has 2 nitrogen and oxygen atoms in total. The summed E-state index contributed by atoms with van der Waals surface area (Å²) >= 11 is 7.26. The molecular weight excluding hydrogens is 204 g/mol. The minimum atomic E-state index is 0.474. The highest BCUT2D eigenvalue weighted by molar-refractivity contribution is 7.12. The predicted octanol–water partition coefficient (Wildman–Crippen LogP) is 3.13. The van der Waals surface area contributed by atoms with Crippen LogP contribution in [0.25, 0.3) is 10.9 Å². The number of hydrogen-bond acceptors (Lipinski definition) is 3. The minimum Gasteiger partial charge on any atom is -0.234 e. The molecule has 0 N–H and O–H groups in total. The van der Waals surface area contributed by atoms with Gasteiger partial charge in [0.15, 0.2) is 0 Å². The van der Waals surface area contributed by atoms with E-state index in [9.17, 15) is 0 Å². The van der Waals surface area contributed by atoms with E-state index in [2.05, 4.69) is 11.1 Å². The molecule has 64 valence electrons. The Morgan fingerprint density at radius 2 is 2.38 bits per heavy atom. The number of rotatable bonds is 0. The first-order chi connectivity index (χ1) is 6.22. The smallest absolute Gasteiger partial charge is 0.132 e. The van der Waals surface area contributed by atoms with Crippen LogP contribution in [-0.4, -0.2) is 4.98 Å². The Labute approximate surface area is 84.4 Å². The van der Waals surface area contributed by atoms with Gasteiger partial charge in [0.2, 0.25) is 0 Å². The molecular formula is C9H5ClN2S. The van der Waals surface area contributed by atoms with Crippen LogP contribution in [0.1, 0.15) is 10.4 Å². The summed E-state index contributed by atoms with van der Waals surface area (Å²) in [5.74, 6) is 0. The van der Waals surface area contributed by atoms with Crippen LogP contribution in [0.4, 0.5) is 0 Å². The molecule has 2 rings (SSSR count). The fourth-order valence-corrected chi connectivity index (χ4v) is 2.03. The summed E-state index contributed by atoms with van der Waals surface area (Å²) in [6.07, 6.45) is 0. The van der Waals surface area contributed by atoms with Crippen molar-refractivity contribution in [2.45, 2.75) is 6.92 Å². The van der Waals surface area contributed by atoms with Crippen molar-refractivity contribution < 1.29 is 0 Å². The number of pyridine rings is 1. The van der Waals surface area contributed by atoms with Crippen LogP contribution in [-0.2, 0) is 0 Å². The molecule has 0 radical (unpaired) electrons. The van der Waals surface area contributed by atoms with Gasteiger partial charge in [-0.25, -0.2) is 4.98 Å². The lowest BCUT2D eigenvalue weighted by atomic mass is 10.2. The maximum absolute atomic E-state index is 8.76. The lowest BCUT2D eigenvalue weighted by Gasteiger charge is -1.96. The first kappa shape index (κ1) is 8.49. The topological polar surface area (TPSA) is 36.7 Å². The molecule has 0 unspecified atom stereocenters. The van der Waals surface area contributed by atoms with Crippen molar-refractivity contribution in [3.8, 4) is 6.07 Å². The van der Waals surface area contributed by atoms with Crippen molar-refractivity contribution in [3.63, 3.8) is 0 Å². The highest BCUT2D eigenvalue weighted by atomic mass is 35.5. The summed E-state index contributed by atoms with van der Waals surface area (Å²) in [6.45, 7) is 1.90. The quantitative estimate of drug-likeness (QED) is 0.624. The average molecular weight is 209 g/mol. The Kier molecular flexibility index (Phi) is 1.95. The maximum Gasteiger partial charge on any atom is 0.132 e. The molecule has 0 aliphatic carbocycles. The Bertz CT molecular complexity index is 510. The van der Waals surface area contributed by atoms with Gasteiger partial charge < -0.3 is 0 Å². The molecule has 2 aromatic rings. The zero-order chi connectivity index (χ0) is 9.42. The lowest BCUT2D eigenvalue weighted by Crippen LogP contribution is -1.82. The largest absolute Gasteiger partial charge is 0.234 e. The van der Waals surface area contributed by atoms with Crippen LogP contribution < -0.4 is 0 Å². The SMILES string of the molecule is Cc1cc2csc(C#N)c2nc1Cl. The molecule has 2 heterocycles. The van der Waals surface area contributed by atoms with Crippen molar-refractivity contribution in [1.29, 1.82) is 5.26 Å². The van der Waals surface area contributed by atoms with Gasteiger partial charge in [-0.2, -0.15) is 5.26 Å². The van der Waals surface area contributed by atoms with Crippen molar-refractivity contribution in [2.24, 2.45) is 0 Å². The second-order valence-electron chi connectivity index (χ2n) is 2.71. The molecule has 0 saturated heterocycles. The molecule has 0 aliphatic rings. The summed E-state index contributed by atoms with van der Waals surface area (Å²) < 4.78 is 0. The van der Waals surface area contributed by atoms with Gasteiger partial charge in [-0.05, 0) is 18.6 Å². The Hall–Kier alpha value is -1.11. The molecule has 4 heteroatoms. The van der Waals surface area contributed by atoms with Gasteiger partial charge in [-0.3, -0.25) is 0 Å². The fourth-order valence-electron chi connectivity index (χ4n) is 1.14. The van der Waals surface area contributed by atoms with E-state index in [1.54, 1.807) is 0 Å². The van der Waals surface area contributed by atoms with Crippen LogP contribution in [0.2, 0.25) is 5.15 Å². The maximum atomic E-state index is 8.76. The first-order valence-corrected chi connectivity index (χ1v) is 4.92. The van der Waals surface area contributed by atoms with E-state index in [4.69, 9.17) is 16.9 Å². The summed E-state index contributed by atoms with van der Waals surface area (Å²) in [7, 11) is 0. The normalized spacial score (nSPS) is 10.2. The molecule has 0 spiro atoms. The standard InChI is InChI=1S/C9H5ClN2S/c1-5-2-6-4-13-7(3-11)8(6)12-9(5)10/h2,4H,1H3. The predicted molar refractivity (Wildman–Crippen MR) is 54.1 cm³/mol. The van der Waals surface area contributed by atoms with Crippen LogP contribution in [0.15, 0.2) is 11.4 Å². The number of hydrogen-bond donors (Lipinski definition) is 0. The molecule has 0 amide bonds. The first-order valence-electron chi connectivity index (χ1n) is 3.67. The third-order valence-corrected chi connectivity index (χ3v) is 3.08. The van der Waals surface area contributed by atoms with Gasteiger partial charge in [-0.1, -0.05) is 11.6 Å². The summed E-state index contributed by atoms with van der Waals surface area (Å²) in [4.78, 5) is 4.78. The number of halogens is 1. The summed E-state index contributed by atoms with van der Waals surface area (Å²) in [5.41, 5.74) is 1.65. The molecule has 13 heavy (non-hydrogen) atoms. The number of nitrogens with zero attached hydrogens (tertiary/aromatic N) is 2. The highest BCUT2D eigenvalue weighted by Gasteiger charge is 2.07. The van der Waals surface area contributed by atoms with E-state index >= 15 is 0 Å². The second-order valence-corrected chi connectivity index (χ2v) is 3.95. The van der Waals surface area contributed by atoms with Crippen molar-refractivity contribution >= 4 is 33.8 Å². The average Bonchev–Trinajstić information content (AvgIpc) is 2.48. The number of aromatic nitrogens is 1. The number of thiophene rings is 1. The molecule has 0 atom stereocenters. The third-order valence-electron chi connectivity index (χ3n) is 1.80. The number of aryl methyl sites for hydroxylation is 1. The number of fused-ring (bicyclic) bond motifs is 1. The monoisotopic (exact) mass is 208 g/mol. The molecule has 0 saturated carbocycles. The minimum absolute atomic E-state index is 0.474. The van der Waals surface area contributed by atoms with Crippen LogP contribution in [0.5, 0.6) is 0 Å². The number of nitriles is 1. The van der Waals surface area contributed by atoms with Crippen molar-refractivity contribution in [3.05, 3.63) is 27.0 Å². The lowest BCUT2D eigenvalue weighted by molar-refractivity contribution is 1.34. The summed E-state index contributed by atoms with van der Waals surface area (Å²) in [5, 5.41) is 12.1. The highest BCUT2D eigenvalue weighted by Crippen LogP contribution is 2.26. The van der Waals surface area contributed by atoms with Gasteiger partial charge in [-0.15, -0.1) is 11.3 Å². The molecule has 2 aromatic heterocycles. The van der Waals surface area contributed by atoms with E-state index in [0.29, 0.717) is 15.5 Å². The third kappa shape index (κ3) is 1.28. The van der Waals surface area contributed by atoms with Gasteiger partial charge in [0.25, 0.3) is 0 Å². The fraction of sp³-hybridized carbons (Fsp3) is 0.111. The van der Waals surface area contributed by atoms with Crippen molar-refractivity contribution in [2.75, 3.05) is 0 Å². The van der Waals surface area contributed by atoms with E-state index < -0.39 is 0 Å². The zero-order valence-electron chi connectivity index (χ0n) is 6.84. The van der Waals surface area contributed by atoms with Gasteiger partial charge in [0, 0.05) is 10.8 Å². The second kappa shape index (κ2) is 2.99.